The van der Waals surface area contributed by atoms with E-state index in [0.29, 0.717) is 32.3 Å². The molecular formula is C34H52O10S. The molecule has 0 amide bonds. The molecule has 7 atom stereocenters. The van der Waals surface area contributed by atoms with Crippen LogP contribution in [0.2, 0.25) is 0 Å². The van der Waals surface area contributed by atoms with Crippen molar-refractivity contribution in [3.63, 3.8) is 0 Å². The van der Waals surface area contributed by atoms with Gasteiger partial charge in [-0.3, -0.25) is 24.0 Å². The molecule has 2 aliphatic heterocycles. The monoisotopic (exact) mass is 652 g/mol. The first-order chi connectivity index (χ1) is 21.1. The van der Waals surface area contributed by atoms with Gasteiger partial charge in [0.05, 0.1) is 37.4 Å². The number of esters is 2. The number of Topliss-reactive ketones (excluding diaryl/α,β-unsaturated/α-hetero) is 3. The van der Waals surface area contributed by atoms with Gasteiger partial charge in [-0.2, -0.15) is 11.8 Å². The number of hydrogen-bond donors (Lipinski definition) is 0. The fraction of sp³-hybridized carbons (Fsp3) is 0.794. The summed E-state index contributed by atoms with van der Waals surface area (Å²) in [4.78, 5) is 62.5. The van der Waals surface area contributed by atoms with Gasteiger partial charge in [-0.05, 0) is 46.5 Å². The van der Waals surface area contributed by atoms with Gasteiger partial charge in [0.15, 0.2) is 5.78 Å². The molecule has 254 valence electrons. The average molecular weight is 653 g/mol. The predicted octanol–water partition coefficient (Wildman–Crippen LogP) is 4.83. The number of carbonyl (C=O) groups is 5. The Morgan fingerprint density at radius 1 is 1.07 bits per heavy atom. The van der Waals surface area contributed by atoms with Crippen molar-refractivity contribution in [1.82, 2.24) is 0 Å². The number of thioether (sulfide) groups is 1. The summed E-state index contributed by atoms with van der Waals surface area (Å²) >= 11 is 1.18. The third-order valence-electron chi connectivity index (χ3n) is 9.15. The first-order valence-corrected chi connectivity index (χ1v) is 17.1. The summed E-state index contributed by atoms with van der Waals surface area (Å²) in [5.74, 6) is -2.15. The molecule has 0 aromatic heterocycles. The van der Waals surface area contributed by atoms with Crippen LogP contribution in [0.3, 0.4) is 0 Å². The molecular weight excluding hydrogens is 600 g/mol. The number of ether oxygens (including phenoxy) is 5. The molecule has 3 fully saturated rings. The highest BCUT2D eigenvalue weighted by Crippen LogP contribution is 2.59. The minimum atomic E-state index is -0.712. The molecule has 45 heavy (non-hydrogen) atoms. The minimum Gasteiger partial charge on any atom is -0.469 e. The number of rotatable bonds is 18. The molecule has 3 aliphatic rings. The van der Waals surface area contributed by atoms with E-state index in [1.807, 2.05) is 20.8 Å². The van der Waals surface area contributed by atoms with Crippen molar-refractivity contribution >= 4 is 41.1 Å². The second kappa shape index (κ2) is 15.7. The Hall–Kier alpha value is -2.08. The molecule has 0 aromatic rings. The highest BCUT2D eigenvalue weighted by atomic mass is 32.2. The van der Waals surface area contributed by atoms with Crippen molar-refractivity contribution < 1.29 is 47.7 Å². The van der Waals surface area contributed by atoms with Crippen molar-refractivity contribution in [3.05, 3.63) is 11.6 Å². The molecule has 2 heterocycles. The van der Waals surface area contributed by atoms with E-state index in [4.69, 9.17) is 23.7 Å². The Bertz CT molecular complexity index is 1130. The Morgan fingerprint density at radius 2 is 1.76 bits per heavy atom. The van der Waals surface area contributed by atoms with Gasteiger partial charge in [0.2, 0.25) is 0 Å². The van der Waals surface area contributed by atoms with Crippen LogP contribution in [-0.4, -0.2) is 91.1 Å². The van der Waals surface area contributed by atoms with Crippen LogP contribution >= 0.6 is 11.8 Å². The Kier molecular flexibility index (Phi) is 13.0. The second-order valence-corrected chi connectivity index (χ2v) is 15.2. The standard InChI is InChI=1S/C34H52O10S/c1-21(2)12-13-27-33(6,44-27)30-29(40-7)25(14-15-34(30)20-42-34)43-28(38)17-24(36)19-45-18-22(31(39)41-8)16-23(35)10-9-11-26(37)32(3,4)5/h12,22,25,27,29-30H,9-11,13-20H2,1-8H3/t22-,25-,27-,29-,30-,33+,34+/m1/s1. The van der Waals surface area contributed by atoms with Gasteiger partial charge in [-0.25, -0.2) is 0 Å². The summed E-state index contributed by atoms with van der Waals surface area (Å²) in [6, 6.07) is 0. The molecule has 1 aliphatic carbocycles. The summed E-state index contributed by atoms with van der Waals surface area (Å²) in [6.07, 6.45) is 3.83. The van der Waals surface area contributed by atoms with Gasteiger partial charge in [0, 0.05) is 37.5 Å². The zero-order valence-corrected chi connectivity index (χ0v) is 29.0. The Morgan fingerprint density at radius 3 is 2.33 bits per heavy atom. The van der Waals surface area contributed by atoms with Gasteiger partial charge in [-0.1, -0.05) is 32.4 Å². The van der Waals surface area contributed by atoms with Crippen molar-refractivity contribution in [2.24, 2.45) is 17.3 Å². The lowest BCUT2D eigenvalue weighted by atomic mass is 9.68. The van der Waals surface area contributed by atoms with E-state index in [-0.39, 0.29) is 59.3 Å². The third-order valence-corrected chi connectivity index (χ3v) is 10.3. The summed E-state index contributed by atoms with van der Waals surface area (Å²) in [5, 5.41) is 0. The van der Waals surface area contributed by atoms with E-state index in [2.05, 4.69) is 26.8 Å². The van der Waals surface area contributed by atoms with E-state index >= 15 is 0 Å². The smallest absolute Gasteiger partial charge is 0.313 e. The van der Waals surface area contributed by atoms with E-state index in [1.54, 1.807) is 7.11 Å². The lowest BCUT2D eigenvalue weighted by Gasteiger charge is -2.42. The molecule has 0 unspecified atom stereocenters. The van der Waals surface area contributed by atoms with E-state index in [9.17, 15) is 24.0 Å². The molecule has 0 bridgehead atoms. The van der Waals surface area contributed by atoms with Crippen LogP contribution in [0.1, 0.15) is 92.9 Å². The maximum Gasteiger partial charge on any atom is 0.313 e. The Balaban J connectivity index is 1.47. The number of carbonyl (C=O) groups excluding carboxylic acids is 5. The lowest BCUT2D eigenvalue weighted by molar-refractivity contribution is -0.172. The molecule has 2 saturated heterocycles. The molecule has 3 rings (SSSR count). The normalized spacial score (nSPS) is 29.4. The topological polar surface area (TPSA) is 138 Å². The number of methoxy groups -OCH3 is 2. The van der Waals surface area contributed by atoms with Crippen molar-refractivity contribution in [1.29, 1.82) is 0 Å². The van der Waals surface area contributed by atoms with Crippen molar-refractivity contribution in [2.75, 3.05) is 32.3 Å². The number of allylic oxidation sites excluding steroid dienone is 1. The Labute approximate surface area is 272 Å². The first-order valence-electron chi connectivity index (χ1n) is 16.0. The van der Waals surface area contributed by atoms with E-state index < -0.39 is 47.5 Å². The summed E-state index contributed by atoms with van der Waals surface area (Å²) in [6.45, 7) is 12.3. The zero-order valence-electron chi connectivity index (χ0n) is 28.2. The molecule has 10 nitrogen and oxygen atoms in total. The largest absolute Gasteiger partial charge is 0.469 e. The number of ketones is 3. The van der Waals surface area contributed by atoms with Gasteiger partial charge < -0.3 is 23.7 Å². The number of epoxide rings is 2. The van der Waals surface area contributed by atoms with Crippen LogP contribution in [0, 0.1) is 17.3 Å². The summed E-state index contributed by atoms with van der Waals surface area (Å²) in [5.41, 5.74) is -0.0273. The minimum absolute atomic E-state index is 0.00717. The van der Waals surface area contributed by atoms with Gasteiger partial charge in [0.25, 0.3) is 0 Å². The van der Waals surface area contributed by atoms with Crippen LogP contribution < -0.4 is 0 Å². The predicted molar refractivity (Wildman–Crippen MR) is 170 cm³/mol. The fourth-order valence-corrected chi connectivity index (χ4v) is 7.37. The molecule has 1 saturated carbocycles. The second-order valence-electron chi connectivity index (χ2n) is 14.1. The molecule has 0 radical (unpaired) electrons. The highest BCUT2D eigenvalue weighted by Gasteiger charge is 2.72. The van der Waals surface area contributed by atoms with E-state index in [1.165, 1.54) is 24.4 Å². The third kappa shape index (κ3) is 10.2. The van der Waals surface area contributed by atoms with Crippen LogP contribution in [-0.2, 0) is 47.7 Å². The number of hydrogen-bond acceptors (Lipinski definition) is 11. The summed E-state index contributed by atoms with van der Waals surface area (Å²) < 4.78 is 28.8. The van der Waals surface area contributed by atoms with Crippen LogP contribution in [0.5, 0.6) is 0 Å². The van der Waals surface area contributed by atoms with Crippen LogP contribution in [0.4, 0.5) is 0 Å². The van der Waals surface area contributed by atoms with Gasteiger partial charge >= 0.3 is 11.9 Å². The fourth-order valence-electron chi connectivity index (χ4n) is 6.38. The molecule has 1 spiro atoms. The highest BCUT2D eigenvalue weighted by molar-refractivity contribution is 7.99. The molecule has 0 N–H and O–H groups in total. The maximum atomic E-state index is 12.9. The van der Waals surface area contributed by atoms with Crippen molar-refractivity contribution in [3.8, 4) is 0 Å². The maximum absolute atomic E-state index is 12.9. The van der Waals surface area contributed by atoms with Crippen LogP contribution in [0.25, 0.3) is 0 Å². The van der Waals surface area contributed by atoms with Crippen LogP contribution in [0.15, 0.2) is 11.6 Å². The average Bonchev–Trinajstić information content (AvgIpc) is 3.87. The summed E-state index contributed by atoms with van der Waals surface area (Å²) in [7, 11) is 2.86. The van der Waals surface area contributed by atoms with E-state index in [0.717, 1.165) is 6.42 Å². The quantitative estimate of drug-likeness (QED) is 0.0871. The SMILES string of the molecule is COC(=O)[C@@H](CSCC(=O)CC(=O)O[C@@H]1CC[C@]2(CO2)[C@@H]([C@@]2(C)O[C@@H]2CC=C(C)C)[C@@H]1OC)CC(=O)CCCC(=O)C(C)(C)C. The first kappa shape index (κ1) is 37.4. The molecule has 0 aromatic carbocycles. The zero-order chi connectivity index (χ0) is 33.6. The van der Waals surface area contributed by atoms with Gasteiger partial charge in [-0.15, -0.1) is 0 Å². The molecule has 11 heteroatoms. The van der Waals surface area contributed by atoms with Crippen molar-refractivity contribution in [2.45, 2.75) is 122 Å². The van der Waals surface area contributed by atoms with Gasteiger partial charge in [0.1, 0.15) is 41.4 Å². The lowest BCUT2D eigenvalue weighted by Crippen LogP contribution is -2.55.